The second-order valence-electron chi connectivity index (χ2n) is 7.04. The molecule has 168 valence electrons. The van der Waals surface area contributed by atoms with Crippen LogP contribution in [0.5, 0.6) is 11.5 Å². The van der Waals surface area contributed by atoms with Crippen LogP contribution in [0, 0.1) is 0 Å². The van der Waals surface area contributed by atoms with Crippen LogP contribution in [0.25, 0.3) is 6.08 Å². The van der Waals surface area contributed by atoms with E-state index in [1.54, 1.807) is 49.7 Å². The topological polar surface area (TPSA) is 68.7 Å². The lowest BCUT2D eigenvalue weighted by Gasteiger charge is -2.14. The molecule has 6 nitrogen and oxygen atoms in total. The van der Waals surface area contributed by atoms with Gasteiger partial charge >= 0.3 is 0 Å². The number of nitrogens with zero attached hydrogens (tertiary/aromatic N) is 2. The van der Waals surface area contributed by atoms with Gasteiger partial charge in [0.05, 0.1) is 28.7 Å². The molecule has 0 atom stereocenters. The van der Waals surface area contributed by atoms with Crippen molar-refractivity contribution in [3.05, 3.63) is 92.0 Å². The van der Waals surface area contributed by atoms with Gasteiger partial charge in [0.1, 0.15) is 6.61 Å². The molecule has 2 aromatic carbocycles. The third-order valence-corrected chi connectivity index (χ3v) is 6.52. The predicted molar refractivity (Wildman–Crippen MR) is 132 cm³/mol. The van der Waals surface area contributed by atoms with Crippen LogP contribution in [0.15, 0.2) is 70.2 Å². The van der Waals surface area contributed by atoms with Gasteiger partial charge in [-0.3, -0.25) is 19.5 Å². The number of carbonyl (C=O) groups is 2. The van der Waals surface area contributed by atoms with Crippen molar-refractivity contribution in [2.24, 2.45) is 0 Å². The van der Waals surface area contributed by atoms with Crippen LogP contribution in [0.1, 0.15) is 16.8 Å². The van der Waals surface area contributed by atoms with Gasteiger partial charge in [-0.25, -0.2) is 0 Å². The minimum absolute atomic E-state index is 0.187. The van der Waals surface area contributed by atoms with Gasteiger partial charge in [-0.15, -0.1) is 0 Å². The van der Waals surface area contributed by atoms with E-state index in [1.165, 1.54) is 4.90 Å². The van der Waals surface area contributed by atoms with Gasteiger partial charge in [-0.1, -0.05) is 29.8 Å². The summed E-state index contributed by atoms with van der Waals surface area (Å²) in [7, 11) is 1.54. The van der Waals surface area contributed by atoms with Crippen molar-refractivity contribution in [3.63, 3.8) is 0 Å². The molecule has 2 heterocycles. The molecule has 33 heavy (non-hydrogen) atoms. The molecule has 1 fully saturated rings. The van der Waals surface area contributed by atoms with Crippen LogP contribution in [0.2, 0.25) is 5.02 Å². The maximum Gasteiger partial charge on any atom is 0.293 e. The highest BCUT2D eigenvalue weighted by molar-refractivity contribution is 9.10. The van der Waals surface area contributed by atoms with Crippen LogP contribution >= 0.6 is 39.3 Å². The van der Waals surface area contributed by atoms with Crippen LogP contribution in [-0.2, 0) is 17.9 Å². The smallest absolute Gasteiger partial charge is 0.293 e. The maximum absolute atomic E-state index is 12.9. The summed E-state index contributed by atoms with van der Waals surface area (Å²) < 4.78 is 12.1. The molecule has 1 aromatic heterocycles. The third kappa shape index (κ3) is 5.58. The molecule has 0 N–H and O–H groups in total. The first kappa shape index (κ1) is 23.4. The number of ether oxygens (including phenoxy) is 2. The average Bonchev–Trinajstić information content (AvgIpc) is 3.07. The van der Waals surface area contributed by atoms with Gasteiger partial charge in [-0.05, 0) is 81.3 Å². The van der Waals surface area contributed by atoms with Crippen molar-refractivity contribution in [3.8, 4) is 11.5 Å². The molecule has 0 aliphatic carbocycles. The number of methoxy groups -OCH3 is 1. The highest BCUT2D eigenvalue weighted by Crippen LogP contribution is 2.39. The van der Waals surface area contributed by atoms with E-state index in [9.17, 15) is 9.59 Å². The highest BCUT2D eigenvalue weighted by Gasteiger charge is 2.35. The van der Waals surface area contributed by atoms with Crippen molar-refractivity contribution in [1.29, 1.82) is 0 Å². The van der Waals surface area contributed by atoms with Gasteiger partial charge < -0.3 is 9.47 Å². The molecule has 1 aliphatic rings. The quantitative estimate of drug-likeness (QED) is 0.324. The Kier molecular flexibility index (Phi) is 7.37. The Balaban J connectivity index is 1.53. The molecule has 9 heteroatoms. The second kappa shape index (κ2) is 10.4. The standard InChI is InChI=1S/C24H18BrClN2O4S/c1-31-20-11-16(10-19(25)22(20)32-14-18-4-2-3-9-27-18)12-21-23(29)28(24(30)33-21)13-15-5-7-17(26)8-6-15/h2-12H,13-14H2,1H3/b21-12-. The van der Waals surface area contributed by atoms with Crippen molar-refractivity contribution in [2.45, 2.75) is 13.2 Å². The molecule has 0 radical (unpaired) electrons. The molecule has 3 aromatic rings. The summed E-state index contributed by atoms with van der Waals surface area (Å²) >= 11 is 10.3. The van der Waals surface area contributed by atoms with Gasteiger partial charge in [-0.2, -0.15) is 0 Å². The maximum atomic E-state index is 12.9. The third-order valence-electron chi connectivity index (χ3n) is 4.77. The Morgan fingerprint density at radius 1 is 1.15 bits per heavy atom. The minimum Gasteiger partial charge on any atom is -0.493 e. The van der Waals surface area contributed by atoms with Crippen molar-refractivity contribution >= 4 is 56.5 Å². The number of thioether (sulfide) groups is 1. The number of hydrogen-bond donors (Lipinski definition) is 0. The zero-order valence-electron chi connectivity index (χ0n) is 17.5. The number of carbonyl (C=O) groups excluding carboxylic acids is 2. The summed E-state index contributed by atoms with van der Waals surface area (Å²) in [5.74, 6) is 0.675. The Morgan fingerprint density at radius 3 is 2.64 bits per heavy atom. The van der Waals surface area contributed by atoms with Gasteiger partial charge in [0.2, 0.25) is 0 Å². The van der Waals surface area contributed by atoms with Gasteiger partial charge in [0.25, 0.3) is 11.1 Å². The fourth-order valence-corrected chi connectivity index (χ4v) is 4.69. The number of imide groups is 1. The monoisotopic (exact) mass is 544 g/mol. The molecular weight excluding hydrogens is 528 g/mol. The van der Waals surface area contributed by atoms with Crippen LogP contribution < -0.4 is 9.47 Å². The molecule has 0 unspecified atom stereocenters. The fraction of sp³-hybridized carbons (Fsp3) is 0.125. The number of pyridine rings is 1. The number of benzene rings is 2. The Hall–Kier alpha value is -2.81. The lowest BCUT2D eigenvalue weighted by atomic mass is 10.1. The Morgan fingerprint density at radius 2 is 1.94 bits per heavy atom. The zero-order chi connectivity index (χ0) is 23.4. The molecule has 2 amide bonds. The van der Waals surface area contributed by atoms with E-state index in [0.717, 1.165) is 23.0 Å². The number of amides is 2. The summed E-state index contributed by atoms with van der Waals surface area (Å²) in [6, 6.07) is 16.2. The molecule has 0 spiro atoms. The molecule has 1 aliphatic heterocycles. The fourth-order valence-electron chi connectivity index (χ4n) is 3.15. The number of aromatic nitrogens is 1. The summed E-state index contributed by atoms with van der Waals surface area (Å²) in [5.41, 5.74) is 2.30. The molecule has 1 saturated heterocycles. The van der Waals surface area contributed by atoms with Gasteiger partial charge in [0, 0.05) is 11.2 Å². The predicted octanol–water partition coefficient (Wildman–Crippen LogP) is 6.32. The molecule has 0 bridgehead atoms. The summed E-state index contributed by atoms with van der Waals surface area (Å²) in [6.45, 7) is 0.464. The first-order valence-electron chi connectivity index (χ1n) is 9.84. The molecular formula is C24H18BrClN2O4S. The van der Waals surface area contributed by atoms with E-state index in [-0.39, 0.29) is 24.3 Å². The second-order valence-corrected chi connectivity index (χ2v) is 9.32. The lowest BCUT2D eigenvalue weighted by molar-refractivity contribution is -0.123. The van der Waals surface area contributed by atoms with Crippen LogP contribution in [0.3, 0.4) is 0 Å². The largest absolute Gasteiger partial charge is 0.493 e. The number of hydrogen-bond acceptors (Lipinski definition) is 6. The van der Waals surface area contributed by atoms with Gasteiger partial charge in [0.15, 0.2) is 11.5 Å². The van der Waals surface area contributed by atoms with Crippen LogP contribution in [-0.4, -0.2) is 28.1 Å². The van der Waals surface area contributed by atoms with E-state index >= 15 is 0 Å². The number of rotatable bonds is 7. The van der Waals surface area contributed by atoms with Crippen molar-refractivity contribution < 1.29 is 19.1 Å². The molecule has 4 rings (SSSR count). The SMILES string of the molecule is COc1cc(/C=C2\SC(=O)N(Cc3ccc(Cl)cc3)C2=O)cc(Br)c1OCc1ccccn1. The van der Waals surface area contributed by atoms with E-state index < -0.39 is 0 Å². The lowest BCUT2D eigenvalue weighted by Crippen LogP contribution is -2.27. The highest BCUT2D eigenvalue weighted by atomic mass is 79.9. The Bertz CT molecular complexity index is 1220. The van der Waals surface area contributed by atoms with E-state index in [4.69, 9.17) is 21.1 Å². The summed E-state index contributed by atoms with van der Waals surface area (Å²) in [4.78, 5) is 31.1. The normalized spacial score (nSPS) is 14.8. The average molecular weight is 546 g/mol. The zero-order valence-corrected chi connectivity index (χ0v) is 20.6. The van der Waals surface area contributed by atoms with E-state index in [0.29, 0.717) is 31.5 Å². The van der Waals surface area contributed by atoms with Crippen LogP contribution in [0.4, 0.5) is 4.79 Å². The van der Waals surface area contributed by atoms with Crippen molar-refractivity contribution in [2.75, 3.05) is 7.11 Å². The minimum atomic E-state index is -0.342. The first-order valence-corrected chi connectivity index (χ1v) is 11.8. The Labute approximate surface area is 208 Å². The summed E-state index contributed by atoms with van der Waals surface area (Å²) in [6.07, 6.45) is 3.37. The van der Waals surface area contributed by atoms with E-state index in [1.807, 2.05) is 24.3 Å². The first-order chi connectivity index (χ1) is 15.9. The summed E-state index contributed by atoms with van der Waals surface area (Å²) in [5, 5.41) is 0.280. The van der Waals surface area contributed by atoms with E-state index in [2.05, 4.69) is 20.9 Å². The molecule has 0 saturated carbocycles. The van der Waals surface area contributed by atoms with Crippen molar-refractivity contribution in [1.82, 2.24) is 9.88 Å². The number of halogens is 2.